The summed E-state index contributed by atoms with van der Waals surface area (Å²) >= 11 is 0. The van der Waals surface area contributed by atoms with Crippen LogP contribution in [0.3, 0.4) is 0 Å². The minimum absolute atomic E-state index is 0.587. The van der Waals surface area contributed by atoms with Gasteiger partial charge in [0.25, 0.3) is 0 Å². The zero-order valence-corrected chi connectivity index (χ0v) is 49.6. The van der Waals surface area contributed by atoms with Crippen molar-refractivity contribution in [2.45, 2.75) is 19.3 Å². The molecule has 11 aromatic carbocycles. The molecule has 8 nitrogen and oxygen atoms in total. The highest BCUT2D eigenvalue weighted by molar-refractivity contribution is 6.01. The Morgan fingerprint density at radius 3 is 0.956 bits per heavy atom. The zero-order valence-electron chi connectivity index (χ0n) is 49.6. The first-order valence-corrected chi connectivity index (χ1v) is 30.5. The van der Waals surface area contributed by atoms with Gasteiger partial charge in [-0.2, -0.15) is 0 Å². The molecule has 430 valence electrons. The van der Waals surface area contributed by atoms with E-state index in [1.54, 1.807) is 0 Å². The van der Waals surface area contributed by atoms with Gasteiger partial charge in [-0.3, -0.25) is 4.99 Å². The maximum Gasteiger partial charge on any atom is 0.0976 e. The predicted molar refractivity (Wildman–Crippen MR) is 373 cm³/mol. The second-order valence-electron chi connectivity index (χ2n) is 21.8. The molecule has 0 bridgehead atoms. The lowest BCUT2D eigenvalue weighted by Gasteiger charge is -2.36. The summed E-state index contributed by atoms with van der Waals surface area (Å²) in [5, 5.41) is 0. The molecule has 14 rings (SSSR count). The molecule has 0 radical (unpaired) electrons. The Kier molecular flexibility index (Phi) is 16.3. The van der Waals surface area contributed by atoms with Crippen LogP contribution in [0.15, 0.2) is 344 Å². The lowest BCUT2D eigenvalue weighted by atomic mass is 9.95. The zero-order chi connectivity index (χ0) is 60.3. The normalized spacial score (nSPS) is 12.6. The van der Waals surface area contributed by atoms with Crippen LogP contribution in [-0.4, -0.2) is 17.7 Å². The Labute approximate surface area is 528 Å². The molecule has 1 aliphatic carbocycles. The van der Waals surface area contributed by atoms with E-state index in [-0.39, 0.29) is 0 Å². The average Bonchev–Trinajstić information content (AvgIpc) is 0.959. The van der Waals surface area contributed by atoms with Crippen LogP contribution in [0.25, 0.3) is 5.57 Å². The van der Waals surface area contributed by atoms with Crippen LogP contribution < -0.4 is 29.4 Å². The summed E-state index contributed by atoms with van der Waals surface area (Å²) in [6.45, 7) is 0.587. The lowest BCUT2D eigenvalue weighted by Crippen LogP contribution is -2.28. The van der Waals surface area contributed by atoms with E-state index in [1.807, 2.05) is 18.3 Å². The van der Waals surface area contributed by atoms with Gasteiger partial charge in [0.05, 0.1) is 34.5 Å². The van der Waals surface area contributed by atoms with Crippen molar-refractivity contribution < 1.29 is 0 Å². The van der Waals surface area contributed by atoms with Gasteiger partial charge < -0.3 is 29.4 Å². The third kappa shape index (κ3) is 11.8. The molecule has 1 aliphatic heterocycles. The van der Waals surface area contributed by atoms with Gasteiger partial charge in [-0.15, -0.1) is 0 Å². The SMILES string of the molecule is c1ncc(N(c2c#cc(N(c3ccccc3)c3ccccc3)cc2)c2ccc(N(c3ccccc3)c3ccccc3)cc2)c(C2=C(N(C3=CC=C(N(c4ccccc4)c4ccccc4)CC3)c3ccc(N(c4ccccc4)c4ccccc4)cc3)C=NCC2)c#1. The number of hydrogen-bond acceptors (Lipinski definition) is 8. The molecule has 8 heteroatoms. The second-order valence-corrected chi connectivity index (χ2v) is 21.8. The van der Waals surface area contributed by atoms with Crippen molar-refractivity contribution >= 4 is 97.1 Å². The van der Waals surface area contributed by atoms with Crippen molar-refractivity contribution in [3.63, 3.8) is 0 Å². The van der Waals surface area contributed by atoms with Crippen LogP contribution in [-0.2, 0) is 0 Å². The van der Waals surface area contributed by atoms with Crippen molar-refractivity contribution in [1.29, 1.82) is 0 Å². The first kappa shape index (κ1) is 55.8. The van der Waals surface area contributed by atoms with Crippen molar-refractivity contribution in [2.24, 2.45) is 4.99 Å². The molecule has 0 saturated carbocycles. The number of aliphatic imine (C=N–C) groups is 1. The third-order valence-electron chi connectivity index (χ3n) is 16.2. The largest absolute Gasteiger partial charge is 0.314 e. The van der Waals surface area contributed by atoms with E-state index in [9.17, 15) is 0 Å². The molecular formula is C82H62N8. The van der Waals surface area contributed by atoms with Crippen LogP contribution in [0.1, 0.15) is 24.8 Å². The van der Waals surface area contributed by atoms with Gasteiger partial charge in [0.1, 0.15) is 0 Å². The van der Waals surface area contributed by atoms with Crippen LogP contribution in [0.2, 0.25) is 0 Å². The fraction of sp³-hybridized carbons (Fsp3) is 0.0488. The highest BCUT2D eigenvalue weighted by Gasteiger charge is 2.29. The molecular weight excluding hydrogens is 1100 g/mol. The highest BCUT2D eigenvalue weighted by atomic mass is 15.2. The van der Waals surface area contributed by atoms with Crippen LogP contribution in [0.4, 0.5) is 85.3 Å². The van der Waals surface area contributed by atoms with Gasteiger partial charge in [0, 0.05) is 98.6 Å². The summed E-state index contributed by atoms with van der Waals surface area (Å²) in [5.41, 5.74) is 20.1. The molecule has 0 spiro atoms. The topological polar surface area (TPSA) is 44.7 Å². The molecule has 0 saturated heterocycles. The summed E-state index contributed by atoms with van der Waals surface area (Å²) in [7, 11) is 0. The van der Waals surface area contributed by atoms with E-state index in [0.717, 1.165) is 121 Å². The number of para-hydroxylation sites is 8. The lowest BCUT2D eigenvalue weighted by molar-refractivity contribution is 0.841. The molecule has 0 N–H and O–H groups in total. The van der Waals surface area contributed by atoms with Crippen molar-refractivity contribution in [1.82, 2.24) is 4.98 Å². The standard InChI is InChI=1S/C82H62N8/c1-9-25-63(26-10-1)85(64-27-11-2-12-28-64)71-41-49-75(50-42-71)89(76-51-43-72(44-52-76)86(65-29-13-3-14-30-65)66-31-15-4-16-32-66)81-61-83-59-57-79(81)80-58-60-84-62-82(80)90(77-53-45-73(46-54-77)87(67-33-17-5-18-34-67)68-35-19-6-20-36-68)78-55-47-74(48-56-78)88(69-37-21-7-22-38-69)70-39-23-8-24-40-70/h1-43,45-47,49-51,53-55,61-62H,44,52,57,59H2. The minimum atomic E-state index is 0.587. The van der Waals surface area contributed by atoms with Gasteiger partial charge in [0.15, 0.2) is 0 Å². The Morgan fingerprint density at radius 1 is 0.278 bits per heavy atom. The summed E-state index contributed by atoms with van der Waals surface area (Å²) in [6.07, 6.45) is 13.9. The Bertz CT molecular complexity index is 4150. The predicted octanol–water partition coefficient (Wildman–Crippen LogP) is 21.3. The number of rotatable bonds is 19. The maximum atomic E-state index is 5.11. The quantitative estimate of drug-likeness (QED) is 0.0799. The third-order valence-corrected chi connectivity index (χ3v) is 16.2. The fourth-order valence-corrected chi connectivity index (χ4v) is 12.1. The Balaban J connectivity index is 0.926. The van der Waals surface area contributed by atoms with Crippen LogP contribution in [0, 0.1) is 24.4 Å². The number of allylic oxidation sites excluding steroid dienone is 5. The monoisotopic (exact) mass is 1160 g/mol. The number of anilines is 15. The van der Waals surface area contributed by atoms with Crippen LogP contribution >= 0.6 is 0 Å². The van der Waals surface area contributed by atoms with Gasteiger partial charge in [-0.25, -0.2) is 4.98 Å². The highest BCUT2D eigenvalue weighted by Crippen LogP contribution is 2.46. The van der Waals surface area contributed by atoms with Crippen molar-refractivity contribution in [3.05, 3.63) is 369 Å². The van der Waals surface area contributed by atoms with E-state index in [0.29, 0.717) is 13.0 Å². The first-order chi connectivity index (χ1) is 44.7. The smallest absolute Gasteiger partial charge is 0.0976 e. The number of nitrogens with zero attached hydrogens (tertiary/aromatic N) is 8. The van der Waals surface area contributed by atoms with Gasteiger partial charge in [-0.1, -0.05) is 146 Å². The number of dihydropyridines is 1. The van der Waals surface area contributed by atoms with E-state index in [4.69, 9.17) is 9.98 Å². The van der Waals surface area contributed by atoms with E-state index in [2.05, 4.69) is 363 Å². The molecule has 0 amide bonds. The average molecular weight is 1160 g/mol. The first-order valence-electron chi connectivity index (χ1n) is 30.5. The minimum Gasteiger partial charge on any atom is -0.314 e. The van der Waals surface area contributed by atoms with E-state index < -0.39 is 0 Å². The fourth-order valence-electron chi connectivity index (χ4n) is 12.1. The van der Waals surface area contributed by atoms with Gasteiger partial charge in [-0.05, 0) is 213 Å². The van der Waals surface area contributed by atoms with Crippen molar-refractivity contribution in [2.75, 3.05) is 35.9 Å². The van der Waals surface area contributed by atoms with E-state index in [1.165, 1.54) is 5.70 Å². The molecule has 12 aromatic rings. The van der Waals surface area contributed by atoms with Crippen LogP contribution in [0.5, 0.6) is 0 Å². The summed E-state index contributed by atoms with van der Waals surface area (Å²) in [4.78, 5) is 23.7. The van der Waals surface area contributed by atoms with Gasteiger partial charge in [0.2, 0.25) is 0 Å². The molecule has 0 unspecified atom stereocenters. The Hall–Kier alpha value is -12.1. The molecule has 2 aliphatic rings. The molecule has 0 fully saturated rings. The molecule has 2 heterocycles. The van der Waals surface area contributed by atoms with Gasteiger partial charge >= 0.3 is 0 Å². The summed E-state index contributed by atoms with van der Waals surface area (Å²) in [6, 6.07) is 117. The molecule has 1 aromatic heterocycles. The second kappa shape index (κ2) is 26.3. The number of hydrogen-bond donors (Lipinski definition) is 0. The Morgan fingerprint density at radius 2 is 0.589 bits per heavy atom. The molecule has 0 atom stereocenters. The summed E-state index contributed by atoms with van der Waals surface area (Å²) < 4.78 is 0. The number of benzene rings is 10. The number of aromatic nitrogens is 1. The van der Waals surface area contributed by atoms with E-state index >= 15 is 0 Å². The maximum absolute atomic E-state index is 5.11. The molecule has 90 heavy (non-hydrogen) atoms. The summed E-state index contributed by atoms with van der Waals surface area (Å²) in [5.74, 6) is 0. The van der Waals surface area contributed by atoms with Crippen molar-refractivity contribution in [3.8, 4) is 0 Å².